The number of aromatic nitrogens is 2. The fraction of sp³-hybridized carbons (Fsp3) is 0.706. The Bertz CT molecular complexity index is 565. The lowest BCUT2D eigenvalue weighted by molar-refractivity contribution is -0.121. The number of H-pyrrole nitrogens is 1. The van der Waals surface area contributed by atoms with Crippen LogP contribution in [0.3, 0.4) is 0 Å². The second-order valence-electron chi connectivity index (χ2n) is 6.25. The van der Waals surface area contributed by atoms with E-state index in [-0.39, 0.29) is 16.7 Å². The molecule has 5 nitrogen and oxygen atoms in total. The molecule has 2 N–H and O–H groups in total. The topological polar surface area (TPSA) is 74.8 Å². The molecule has 1 atom stereocenters. The molecule has 0 aromatic carbocycles. The van der Waals surface area contributed by atoms with Crippen LogP contribution >= 0.6 is 11.8 Å². The highest BCUT2D eigenvalue weighted by Gasteiger charge is 2.20. The second kappa shape index (κ2) is 9.11. The maximum atomic E-state index is 12.4. The Morgan fingerprint density at radius 1 is 1.39 bits per heavy atom. The highest BCUT2D eigenvalue weighted by Crippen LogP contribution is 2.21. The largest absolute Gasteiger partial charge is 0.352 e. The third-order valence-electron chi connectivity index (χ3n) is 4.14. The predicted octanol–water partition coefficient (Wildman–Crippen LogP) is 3.04. The summed E-state index contributed by atoms with van der Waals surface area (Å²) >= 11 is 1.32. The lowest BCUT2D eigenvalue weighted by Gasteiger charge is -2.19. The van der Waals surface area contributed by atoms with E-state index in [4.69, 9.17) is 0 Å². The molecule has 1 fully saturated rings. The van der Waals surface area contributed by atoms with Gasteiger partial charge in [-0.3, -0.25) is 9.59 Å². The van der Waals surface area contributed by atoms with Gasteiger partial charge in [0.15, 0.2) is 5.16 Å². The minimum atomic E-state index is -0.265. The Labute approximate surface area is 142 Å². The van der Waals surface area contributed by atoms with Crippen LogP contribution in [0.5, 0.6) is 0 Å². The summed E-state index contributed by atoms with van der Waals surface area (Å²) in [4.78, 5) is 31.2. The fourth-order valence-corrected chi connectivity index (χ4v) is 3.73. The second-order valence-corrected chi connectivity index (χ2v) is 7.58. The molecule has 23 heavy (non-hydrogen) atoms. The number of aromatic amines is 1. The predicted molar refractivity (Wildman–Crippen MR) is 93.8 cm³/mol. The summed E-state index contributed by atoms with van der Waals surface area (Å²) in [5.74, 6) is 0.0328. The van der Waals surface area contributed by atoms with Gasteiger partial charge in [-0.1, -0.05) is 50.8 Å². The van der Waals surface area contributed by atoms with Crippen LogP contribution < -0.4 is 10.9 Å². The number of nitrogens with zero attached hydrogens (tertiary/aromatic N) is 1. The summed E-state index contributed by atoms with van der Waals surface area (Å²) in [7, 11) is 0. The monoisotopic (exact) mass is 337 g/mol. The third-order valence-corrected chi connectivity index (χ3v) is 5.12. The average Bonchev–Trinajstić information content (AvgIpc) is 2.75. The third kappa shape index (κ3) is 6.01. The van der Waals surface area contributed by atoms with Crippen molar-refractivity contribution >= 4 is 17.7 Å². The first-order valence-corrected chi connectivity index (χ1v) is 9.53. The molecule has 0 aliphatic heterocycles. The number of rotatable bonds is 6. The SMILES string of the molecule is CCCc1cc(=O)[nH]c(S[C@H](C)C(=O)NC2CCCCCC2)n1. The van der Waals surface area contributed by atoms with Gasteiger partial charge in [0, 0.05) is 17.8 Å². The van der Waals surface area contributed by atoms with Crippen LogP contribution in [0.4, 0.5) is 0 Å². The zero-order valence-electron chi connectivity index (χ0n) is 14.1. The van der Waals surface area contributed by atoms with Crippen LogP contribution in [-0.4, -0.2) is 27.2 Å². The van der Waals surface area contributed by atoms with E-state index in [1.54, 1.807) is 0 Å². The van der Waals surface area contributed by atoms with Crippen molar-refractivity contribution < 1.29 is 4.79 Å². The standard InChI is InChI=1S/C17H27N3O2S/c1-3-8-14-11-15(21)20-17(19-14)23-12(2)16(22)18-13-9-6-4-5-7-10-13/h11-13H,3-10H2,1-2H3,(H,18,22)(H,19,20,21)/t12-/m1/s1. The molecule has 1 aliphatic rings. The zero-order chi connectivity index (χ0) is 16.7. The van der Waals surface area contributed by atoms with Crippen molar-refractivity contribution in [1.82, 2.24) is 15.3 Å². The lowest BCUT2D eigenvalue weighted by atomic mass is 10.1. The van der Waals surface area contributed by atoms with E-state index in [9.17, 15) is 9.59 Å². The van der Waals surface area contributed by atoms with Gasteiger partial charge in [0.25, 0.3) is 5.56 Å². The van der Waals surface area contributed by atoms with Crippen molar-refractivity contribution in [1.29, 1.82) is 0 Å². The first-order chi connectivity index (χ1) is 11.1. The minimum Gasteiger partial charge on any atom is -0.352 e. The molecular formula is C17H27N3O2S. The maximum absolute atomic E-state index is 12.4. The molecule has 0 radical (unpaired) electrons. The van der Waals surface area contributed by atoms with Crippen LogP contribution in [0.2, 0.25) is 0 Å². The zero-order valence-corrected chi connectivity index (χ0v) is 14.9. The van der Waals surface area contributed by atoms with Crippen LogP contribution in [0.15, 0.2) is 16.0 Å². The molecule has 0 bridgehead atoms. The Morgan fingerprint density at radius 2 is 2.09 bits per heavy atom. The molecule has 1 aromatic rings. The number of hydrogen-bond donors (Lipinski definition) is 2. The minimum absolute atomic E-state index is 0.0328. The van der Waals surface area contributed by atoms with Crippen molar-refractivity contribution in [3.63, 3.8) is 0 Å². The maximum Gasteiger partial charge on any atom is 0.251 e. The Balaban J connectivity index is 1.93. The number of amides is 1. The van der Waals surface area contributed by atoms with Gasteiger partial charge >= 0.3 is 0 Å². The van der Waals surface area contributed by atoms with Crippen molar-refractivity contribution in [3.8, 4) is 0 Å². The van der Waals surface area contributed by atoms with E-state index in [2.05, 4.69) is 22.2 Å². The summed E-state index contributed by atoms with van der Waals surface area (Å²) < 4.78 is 0. The molecule has 6 heteroatoms. The van der Waals surface area contributed by atoms with Gasteiger partial charge in [-0.05, 0) is 26.2 Å². The van der Waals surface area contributed by atoms with Gasteiger partial charge in [0.05, 0.1) is 5.25 Å². The van der Waals surface area contributed by atoms with Gasteiger partial charge in [-0.15, -0.1) is 0 Å². The molecule has 1 aliphatic carbocycles. The number of aryl methyl sites for hydroxylation is 1. The van der Waals surface area contributed by atoms with Gasteiger partial charge in [-0.2, -0.15) is 0 Å². The normalized spacial score (nSPS) is 17.5. The number of hydrogen-bond acceptors (Lipinski definition) is 4. The molecule has 0 spiro atoms. The number of nitrogens with one attached hydrogen (secondary N) is 2. The molecule has 0 saturated heterocycles. The molecule has 1 saturated carbocycles. The van der Waals surface area contributed by atoms with Crippen LogP contribution in [0.25, 0.3) is 0 Å². The smallest absolute Gasteiger partial charge is 0.251 e. The number of thioether (sulfide) groups is 1. The average molecular weight is 337 g/mol. The van der Waals surface area contributed by atoms with E-state index < -0.39 is 0 Å². The van der Waals surface area contributed by atoms with Crippen molar-refractivity contribution in [2.24, 2.45) is 0 Å². The molecule has 1 heterocycles. The van der Waals surface area contributed by atoms with Crippen LogP contribution in [0.1, 0.15) is 64.5 Å². The van der Waals surface area contributed by atoms with E-state index >= 15 is 0 Å². The first kappa shape index (κ1) is 18.0. The van der Waals surface area contributed by atoms with E-state index in [1.807, 2.05) is 6.92 Å². The Hall–Kier alpha value is -1.30. The highest BCUT2D eigenvalue weighted by atomic mass is 32.2. The lowest BCUT2D eigenvalue weighted by Crippen LogP contribution is -2.39. The number of carbonyl (C=O) groups excluding carboxylic acids is 1. The van der Waals surface area contributed by atoms with Crippen LogP contribution in [-0.2, 0) is 11.2 Å². The van der Waals surface area contributed by atoms with E-state index in [1.165, 1.54) is 43.5 Å². The van der Waals surface area contributed by atoms with Gasteiger partial charge < -0.3 is 10.3 Å². The van der Waals surface area contributed by atoms with Gasteiger partial charge in [0.2, 0.25) is 5.91 Å². The molecule has 0 unspecified atom stereocenters. The molecule has 1 amide bonds. The van der Waals surface area contributed by atoms with E-state index in [0.717, 1.165) is 31.4 Å². The van der Waals surface area contributed by atoms with Crippen molar-refractivity contribution in [2.45, 2.75) is 81.7 Å². The molecular weight excluding hydrogens is 310 g/mol. The van der Waals surface area contributed by atoms with E-state index in [0.29, 0.717) is 11.2 Å². The summed E-state index contributed by atoms with van der Waals surface area (Å²) in [6.45, 7) is 3.92. The highest BCUT2D eigenvalue weighted by molar-refractivity contribution is 8.00. The van der Waals surface area contributed by atoms with Crippen LogP contribution in [0, 0.1) is 0 Å². The Morgan fingerprint density at radius 3 is 2.74 bits per heavy atom. The first-order valence-electron chi connectivity index (χ1n) is 8.65. The van der Waals surface area contributed by atoms with Gasteiger partial charge in [0.1, 0.15) is 0 Å². The summed E-state index contributed by atoms with van der Waals surface area (Å²) in [5, 5.41) is 3.42. The summed E-state index contributed by atoms with van der Waals surface area (Å²) in [5.41, 5.74) is 0.637. The van der Waals surface area contributed by atoms with Crippen molar-refractivity contribution in [2.75, 3.05) is 0 Å². The van der Waals surface area contributed by atoms with Crippen molar-refractivity contribution in [3.05, 3.63) is 22.1 Å². The van der Waals surface area contributed by atoms with Gasteiger partial charge in [-0.25, -0.2) is 4.98 Å². The quantitative estimate of drug-likeness (QED) is 0.475. The molecule has 2 rings (SSSR count). The fourth-order valence-electron chi connectivity index (χ4n) is 2.89. The summed E-state index contributed by atoms with van der Waals surface area (Å²) in [6.07, 6.45) is 8.80. The Kier molecular flexibility index (Phi) is 7.15. The number of carbonyl (C=O) groups is 1. The molecule has 128 valence electrons. The molecule has 1 aromatic heterocycles. The summed E-state index contributed by atoms with van der Waals surface area (Å²) in [6, 6.07) is 1.83.